The Morgan fingerprint density at radius 2 is 1.96 bits per heavy atom. The van der Waals surface area contributed by atoms with Gasteiger partial charge in [-0.3, -0.25) is 4.79 Å². The molecule has 0 bridgehead atoms. The first-order valence-corrected chi connectivity index (χ1v) is 9.16. The Morgan fingerprint density at radius 3 is 2.50 bits per heavy atom. The van der Waals surface area contributed by atoms with Crippen molar-refractivity contribution in [3.8, 4) is 11.4 Å². The minimum Gasteiger partial charge on any atom is -0.488 e. The Kier molecular flexibility index (Phi) is 6.26. The average molecular weight is 428 g/mol. The fourth-order valence-corrected chi connectivity index (χ4v) is 3.18. The summed E-state index contributed by atoms with van der Waals surface area (Å²) in [5.41, 5.74) is 0.156. The van der Waals surface area contributed by atoms with Crippen LogP contribution in [0.1, 0.15) is 25.8 Å². The van der Waals surface area contributed by atoms with Gasteiger partial charge in [0.15, 0.2) is 0 Å². The first kappa shape index (κ1) is 19.6. The van der Waals surface area contributed by atoms with Gasteiger partial charge in [-0.05, 0) is 12.1 Å². The van der Waals surface area contributed by atoms with E-state index in [1.54, 1.807) is 6.07 Å². The van der Waals surface area contributed by atoms with E-state index in [1.165, 1.54) is 16.8 Å². The van der Waals surface area contributed by atoms with Crippen molar-refractivity contribution >= 4 is 57.7 Å². The van der Waals surface area contributed by atoms with Gasteiger partial charge in [0.05, 0.1) is 15.7 Å². The van der Waals surface area contributed by atoms with Gasteiger partial charge in [0.2, 0.25) is 0 Å². The molecule has 0 unspecified atom stereocenters. The molecule has 0 aliphatic carbocycles. The number of nitrogens with zero attached hydrogens (tertiary/aromatic N) is 2. The van der Waals surface area contributed by atoms with Gasteiger partial charge in [0.1, 0.15) is 21.9 Å². The van der Waals surface area contributed by atoms with Gasteiger partial charge in [0, 0.05) is 11.5 Å². The molecular formula is C15H14Cl4N2O2S. The highest BCUT2D eigenvalue weighted by Crippen LogP contribution is 2.33. The highest BCUT2D eigenvalue weighted by Gasteiger charge is 2.22. The first-order valence-electron chi connectivity index (χ1n) is 6.83. The van der Waals surface area contributed by atoms with E-state index in [0.29, 0.717) is 26.5 Å². The Hall–Kier alpha value is -0.720. The summed E-state index contributed by atoms with van der Waals surface area (Å²) >= 11 is 24.5. The molecule has 0 N–H and O–H groups in total. The van der Waals surface area contributed by atoms with Crippen LogP contribution in [-0.4, -0.2) is 16.4 Å². The van der Waals surface area contributed by atoms with Crippen molar-refractivity contribution in [3.63, 3.8) is 0 Å². The predicted molar refractivity (Wildman–Crippen MR) is 102 cm³/mol. The zero-order chi connectivity index (χ0) is 18.1. The second-order valence-electron chi connectivity index (χ2n) is 5.87. The lowest BCUT2D eigenvalue weighted by Crippen LogP contribution is -2.15. The van der Waals surface area contributed by atoms with E-state index in [-0.39, 0.29) is 21.4 Å². The lowest BCUT2D eigenvalue weighted by Gasteiger charge is -2.13. The Morgan fingerprint density at radius 1 is 1.29 bits per heavy atom. The molecule has 0 spiro atoms. The largest absolute Gasteiger partial charge is 0.488 e. The van der Waals surface area contributed by atoms with Crippen molar-refractivity contribution in [1.82, 2.24) is 9.78 Å². The summed E-state index contributed by atoms with van der Waals surface area (Å²) in [6.07, 6.45) is 1.47. The van der Waals surface area contributed by atoms with Crippen molar-refractivity contribution in [1.29, 1.82) is 0 Å². The number of benzene rings is 1. The molecule has 1 aromatic heterocycles. The number of halogens is 4. The van der Waals surface area contributed by atoms with Gasteiger partial charge >= 0.3 is 4.87 Å². The second kappa shape index (κ2) is 7.67. The van der Waals surface area contributed by atoms with Crippen LogP contribution in [0.5, 0.6) is 5.75 Å². The van der Waals surface area contributed by atoms with E-state index in [4.69, 9.17) is 51.1 Å². The molecule has 0 amide bonds. The van der Waals surface area contributed by atoms with Crippen LogP contribution < -0.4 is 9.61 Å². The zero-order valence-electron chi connectivity index (χ0n) is 13.1. The van der Waals surface area contributed by atoms with Crippen LogP contribution in [0.3, 0.4) is 0 Å². The highest BCUT2D eigenvalue weighted by atomic mass is 35.5. The Balaban J connectivity index is 2.46. The van der Waals surface area contributed by atoms with Crippen molar-refractivity contribution < 1.29 is 4.74 Å². The van der Waals surface area contributed by atoms with Gasteiger partial charge in [-0.15, -0.1) is 0 Å². The predicted octanol–water partition coefficient (Wildman–Crippen LogP) is 5.60. The minimum atomic E-state index is -0.241. The molecule has 9 heteroatoms. The fraction of sp³-hybridized carbons (Fsp3) is 0.333. The molecule has 0 aliphatic heterocycles. The van der Waals surface area contributed by atoms with E-state index in [2.05, 4.69) is 5.10 Å². The first-order chi connectivity index (χ1) is 11.1. The summed E-state index contributed by atoms with van der Waals surface area (Å²) in [5.74, 6) is 0.346. The molecule has 130 valence electrons. The number of hydrogen-bond acceptors (Lipinski definition) is 4. The third-order valence-electron chi connectivity index (χ3n) is 2.90. The number of aromatic nitrogens is 2. The van der Waals surface area contributed by atoms with Gasteiger partial charge in [-0.2, -0.15) is 9.78 Å². The molecule has 1 aromatic carbocycles. The molecule has 1 heterocycles. The summed E-state index contributed by atoms with van der Waals surface area (Å²) < 4.78 is 6.84. The van der Waals surface area contributed by atoms with Gasteiger partial charge < -0.3 is 4.74 Å². The molecule has 2 rings (SSSR count). The van der Waals surface area contributed by atoms with Crippen LogP contribution in [0.2, 0.25) is 10.0 Å². The maximum absolute atomic E-state index is 12.3. The molecule has 24 heavy (non-hydrogen) atoms. The molecule has 4 nitrogen and oxygen atoms in total. The summed E-state index contributed by atoms with van der Waals surface area (Å²) in [6.45, 7) is 6.07. The topological polar surface area (TPSA) is 44.1 Å². The van der Waals surface area contributed by atoms with E-state index >= 15 is 0 Å². The van der Waals surface area contributed by atoms with Crippen molar-refractivity contribution in [2.24, 2.45) is 0 Å². The van der Waals surface area contributed by atoms with Gasteiger partial charge in [0.25, 0.3) is 0 Å². The third-order valence-corrected chi connectivity index (χ3v) is 5.04. The summed E-state index contributed by atoms with van der Waals surface area (Å²) in [7, 11) is 0. The third kappa shape index (κ3) is 4.67. The number of ether oxygens (including phenoxy) is 1. The van der Waals surface area contributed by atoms with E-state index < -0.39 is 0 Å². The van der Waals surface area contributed by atoms with Crippen LogP contribution in [0, 0.1) is 0 Å². The van der Waals surface area contributed by atoms with Gasteiger partial charge in [-0.25, -0.2) is 0 Å². The molecule has 0 fully saturated rings. The zero-order valence-corrected chi connectivity index (χ0v) is 16.9. The molecule has 0 atom stereocenters. The molecule has 0 saturated heterocycles. The van der Waals surface area contributed by atoms with Crippen LogP contribution in [0.25, 0.3) is 5.69 Å². The average Bonchev–Trinajstić information content (AvgIpc) is 2.83. The maximum Gasteiger partial charge on any atom is 0.329 e. The van der Waals surface area contributed by atoms with Crippen molar-refractivity contribution in [2.75, 3.05) is 6.61 Å². The summed E-state index contributed by atoms with van der Waals surface area (Å²) in [6, 6.07) is 3.07. The highest BCUT2D eigenvalue weighted by molar-refractivity contribution is 7.09. The number of rotatable bonds is 4. The summed E-state index contributed by atoms with van der Waals surface area (Å²) in [5, 5.41) is 5.69. The second-order valence-corrected chi connectivity index (χ2v) is 8.64. The molecule has 0 aliphatic rings. The lowest BCUT2D eigenvalue weighted by molar-refractivity contribution is 0.363. The maximum atomic E-state index is 12.3. The van der Waals surface area contributed by atoms with Crippen LogP contribution in [-0.2, 0) is 5.41 Å². The van der Waals surface area contributed by atoms with E-state index in [1.807, 2.05) is 20.8 Å². The monoisotopic (exact) mass is 426 g/mol. The molecule has 0 radical (unpaired) electrons. The molecule has 0 saturated carbocycles. The number of hydrogen-bond donors (Lipinski definition) is 0. The SMILES string of the molecule is CC(C)(C)c1nn(-c2cc(OCC=C(Cl)Cl)c(Cl)cc2Cl)c(=O)s1. The standard InChI is InChI=1S/C15H14Cl4N2O2S/c1-15(2,3)13-20-21(14(22)24-13)10-7-11(9(17)6-8(10)16)23-5-4-12(18)19/h4,6-7H,5H2,1-3H3. The smallest absolute Gasteiger partial charge is 0.329 e. The fourth-order valence-electron chi connectivity index (χ4n) is 1.72. The minimum absolute atomic E-state index is 0.0887. The Bertz CT molecular complexity index is 833. The Labute approximate surface area is 163 Å². The van der Waals surface area contributed by atoms with Crippen LogP contribution >= 0.6 is 57.7 Å². The van der Waals surface area contributed by atoms with E-state index in [0.717, 1.165) is 11.3 Å². The lowest BCUT2D eigenvalue weighted by atomic mass is 9.98. The summed E-state index contributed by atoms with van der Waals surface area (Å²) in [4.78, 5) is 12.0. The van der Waals surface area contributed by atoms with Crippen molar-refractivity contribution in [2.45, 2.75) is 26.2 Å². The molecular weight excluding hydrogens is 414 g/mol. The van der Waals surface area contributed by atoms with Crippen molar-refractivity contribution in [3.05, 3.63) is 47.4 Å². The van der Waals surface area contributed by atoms with Gasteiger partial charge in [-0.1, -0.05) is 78.5 Å². The van der Waals surface area contributed by atoms with Crippen LogP contribution in [0.15, 0.2) is 27.5 Å². The van der Waals surface area contributed by atoms with Crippen LogP contribution in [0.4, 0.5) is 0 Å². The quantitative estimate of drug-likeness (QED) is 0.638. The normalized spacial score (nSPS) is 11.5. The van der Waals surface area contributed by atoms with E-state index in [9.17, 15) is 4.79 Å². The molecule has 2 aromatic rings.